The van der Waals surface area contributed by atoms with Gasteiger partial charge < -0.3 is 5.73 Å². The fourth-order valence-electron chi connectivity index (χ4n) is 0.951. The van der Waals surface area contributed by atoms with Gasteiger partial charge in [0.1, 0.15) is 11.4 Å². The van der Waals surface area contributed by atoms with Gasteiger partial charge in [-0.1, -0.05) is 0 Å². The summed E-state index contributed by atoms with van der Waals surface area (Å²) in [6.45, 7) is 0. The molecule has 3 nitrogen and oxygen atoms in total. The van der Waals surface area contributed by atoms with Gasteiger partial charge in [-0.25, -0.2) is 13.8 Å². The lowest BCUT2D eigenvalue weighted by atomic mass is 10.1. The first-order valence-corrected chi connectivity index (χ1v) is 3.89. The molecule has 1 rings (SSSR count). The van der Waals surface area contributed by atoms with E-state index in [2.05, 4.69) is 4.98 Å². The number of halogens is 5. The van der Waals surface area contributed by atoms with Crippen molar-refractivity contribution >= 4 is 5.91 Å². The van der Waals surface area contributed by atoms with Gasteiger partial charge in [0.25, 0.3) is 6.43 Å². The van der Waals surface area contributed by atoms with Gasteiger partial charge in [-0.3, -0.25) is 4.79 Å². The van der Waals surface area contributed by atoms with Crippen LogP contribution < -0.4 is 5.73 Å². The fourth-order valence-corrected chi connectivity index (χ4v) is 0.951. The molecule has 0 radical (unpaired) electrons. The number of carbonyl (C=O) groups excluding carboxylic acids is 1. The molecule has 0 aromatic carbocycles. The van der Waals surface area contributed by atoms with Crippen LogP contribution in [0.4, 0.5) is 22.0 Å². The molecule has 1 heterocycles. The van der Waals surface area contributed by atoms with Crippen LogP contribution in [0.15, 0.2) is 12.1 Å². The molecule has 16 heavy (non-hydrogen) atoms. The fraction of sp³-hybridized carbons (Fsp3) is 0.250. The van der Waals surface area contributed by atoms with E-state index in [0.29, 0.717) is 12.1 Å². The van der Waals surface area contributed by atoms with Crippen molar-refractivity contribution in [1.29, 1.82) is 0 Å². The van der Waals surface area contributed by atoms with Crippen molar-refractivity contribution in [3.63, 3.8) is 0 Å². The van der Waals surface area contributed by atoms with Crippen molar-refractivity contribution in [2.24, 2.45) is 5.73 Å². The Bertz CT molecular complexity index is 415. The first-order chi connectivity index (χ1) is 7.21. The Morgan fingerprint density at radius 3 is 2.25 bits per heavy atom. The SMILES string of the molecule is NC(=O)c1cc(C(F)F)nc(C(F)(F)F)c1. The zero-order valence-corrected chi connectivity index (χ0v) is 7.55. The summed E-state index contributed by atoms with van der Waals surface area (Å²) in [6, 6.07) is 0.858. The lowest BCUT2D eigenvalue weighted by Gasteiger charge is -2.09. The third kappa shape index (κ3) is 2.65. The Morgan fingerprint density at radius 1 is 1.31 bits per heavy atom. The van der Waals surface area contributed by atoms with E-state index in [4.69, 9.17) is 5.73 Å². The van der Waals surface area contributed by atoms with E-state index >= 15 is 0 Å². The van der Waals surface area contributed by atoms with E-state index in [1.54, 1.807) is 0 Å². The number of nitrogens with two attached hydrogens (primary N) is 1. The van der Waals surface area contributed by atoms with Crippen LogP contribution in [0.2, 0.25) is 0 Å². The number of hydrogen-bond acceptors (Lipinski definition) is 2. The highest BCUT2D eigenvalue weighted by atomic mass is 19.4. The van der Waals surface area contributed by atoms with E-state index in [9.17, 15) is 26.7 Å². The highest BCUT2D eigenvalue weighted by Gasteiger charge is 2.34. The molecular weight excluding hydrogens is 235 g/mol. The molecule has 8 heteroatoms. The number of pyridine rings is 1. The van der Waals surface area contributed by atoms with Gasteiger partial charge in [-0.15, -0.1) is 0 Å². The summed E-state index contributed by atoms with van der Waals surface area (Å²) < 4.78 is 61.0. The molecule has 0 aliphatic rings. The zero-order chi connectivity index (χ0) is 12.5. The topological polar surface area (TPSA) is 56.0 Å². The van der Waals surface area contributed by atoms with E-state index in [1.807, 2.05) is 0 Å². The zero-order valence-electron chi connectivity index (χ0n) is 7.55. The van der Waals surface area contributed by atoms with Gasteiger partial charge in [0.2, 0.25) is 5.91 Å². The molecule has 0 saturated carbocycles. The molecule has 1 aromatic rings. The average Bonchev–Trinajstić information content (AvgIpc) is 2.15. The van der Waals surface area contributed by atoms with Gasteiger partial charge in [0, 0.05) is 5.56 Å². The van der Waals surface area contributed by atoms with Gasteiger partial charge in [0.15, 0.2) is 0 Å². The smallest absolute Gasteiger partial charge is 0.366 e. The average molecular weight is 240 g/mol. The maximum absolute atomic E-state index is 12.2. The number of rotatable bonds is 2. The predicted molar refractivity (Wildman–Crippen MR) is 42.7 cm³/mol. The maximum Gasteiger partial charge on any atom is 0.433 e. The summed E-state index contributed by atoms with van der Waals surface area (Å²) >= 11 is 0. The van der Waals surface area contributed by atoms with Crippen molar-refractivity contribution in [3.05, 3.63) is 29.1 Å². The second kappa shape index (κ2) is 4.03. The van der Waals surface area contributed by atoms with Crippen LogP contribution in [0.5, 0.6) is 0 Å². The van der Waals surface area contributed by atoms with E-state index in [1.165, 1.54) is 0 Å². The molecule has 88 valence electrons. The minimum Gasteiger partial charge on any atom is -0.366 e. The number of nitrogens with zero attached hydrogens (tertiary/aromatic N) is 1. The molecule has 0 atom stereocenters. The van der Waals surface area contributed by atoms with E-state index in [-0.39, 0.29) is 0 Å². The Morgan fingerprint density at radius 2 is 1.88 bits per heavy atom. The Kier molecular flexibility index (Phi) is 3.11. The molecule has 0 aliphatic carbocycles. The molecule has 1 amide bonds. The number of alkyl halides is 5. The molecule has 0 saturated heterocycles. The Labute approximate surface area is 86.1 Å². The van der Waals surface area contributed by atoms with Crippen molar-refractivity contribution < 1.29 is 26.7 Å². The summed E-state index contributed by atoms with van der Waals surface area (Å²) in [5, 5.41) is 0. The number of amides is 1. The second-order valence-electron chi connectivity index (χ2n) is 2.83. The van der Waals surface area contributed by atoms with Crippen LogP contribution in [0.3, 0.4) is 0 Å². The predicted octanol–water partition coefficient (Wildman–Crippen LogP) is 2.14. The summed E-state index contributed by atoms with van der Waals surface area (Å²) in [5.74, 6) is -1.23. The third-order valence-electron chi connectivity index (χ3n) is 1.64. The molecule has 0 fully saturated rings. The van der Waals surface area contributed by atoms with Crippen molar-refractivity contribution in [2.45, 2.75) is 12.6 Å². The summed E-state index contributed by atoms with van der Waals surface area (Å²) in [7, 11) is 0. The van der Waals surface area contributed by atoms with Gasteiger partial charge in [-0.2, -0.15) is 13.2 Å². The van der Waals surface area contributed by atoms with Gasteiger partial charge in [-0.05, 0) is 12.1 Å². The molecule has 2 N–H and O–H groups in total. The van der Waals surface area contributed by atoms with Crippen molar-refractivity contribution in [1.82, 2.24) is 4.98 Å². The van der Waals surface area contributed by atoms with Crippen LogP contribution in [0.1, 0.15) is 28.2 Å². The van der Waals surface area contributed by atoms with Crippen LogP contribution in [-0.4, -0.2) is 10.9 Å². The van der Waals surface area contributed by atoms with E-state index in [0.717, 1.165) is 0 Å². The third-order valence-corrected chi connectivity index (χ3v) is 1.64. The Balaban J connectivity index is 3.36. The maximum atomic E-state index is 12.2. The number of hydrogen-bond donors (Lipinski definition) is 1. The quantitative estimate of drug-likeness (QED) is 0.805. The van der Waals surface area contributed by atoms with Gasteiger partial charge >= 0.3 is 6.18 Å². The molecular formula is C8H5F5N2O. The normalized spacial score (nSPS) is 11.9. The van der Waals surface area contributed by atoms with Crippen LogP contribution in [0.25, 0.3) is 0 Å². The number of carbonyl (C=O) groups is 1. The van der Waals surface area contributed by atoms with Crippen LogP contribution >= 0.6 is 0 Å². The van der Waals surface area contributed by atoms with Crippen LogP contribution in [0, 0.1) is 0 Å². The largest absolute Gasteiger partial charge is 0.433 e. The highest BCUT2D eigenvalue weighted by molar-refractivity contribution is 5.93. The first kappa shape index (κ1) is 12.3. The second-order valence-corrected chi connectivity index (χ2v) is 2.83. The molecule has 0 unspecified atom stereocenters. The van der Waals surface area contributed by atoms with Gasteiger partial charge in [0.05, 0.1) is 0 Å². The molecule has 0 spiro atoms. The lowest BCUT2D eigenvalue weighted by Crippen LogP contribution is -2.16. The Hall–Kier alpha value is -1.73. The lowest BCUT2D eigenvalue weighted by molar-refractivity contribution is -0.141. The molecule has 0 aliphatic heterocycles. The van der Waals surface area contributed by atoms with Crippen LogP contribution in [-0.2, 0) is 6.18 Å². The standard InChI is InChI=1S/C8H5F5N2O/c9-6(10)4-1-3(7(14)16)2-5(15-4)8(11,12)13/h1-2,6H,(H2,14,16). The molecule has 1 aromatic heterocycles. The number of aromatic nitrogens is 1. The minimum absolute atomic E-state index is 0.328. The van der Waals surface area contributed by atoms with Crippen molar-refractivity contribution in [3.8, 4) is 0 Å². The first-order valence-electron chi connectivity index (χ1n) is 3.89. The highest BCUT2D eigenvalue weighted by Crippen LogP contribution is 2.30. The summed E-state index contributed by atoms with van der Waals surface area (Å²) in [5.41, 5.74) is 1.36. The summed E-state index contributed by atoms with van der Waals surface area (Å²) in [4.78, 5) is 13.3. The monoisotopic (exact) mass is 240 g/mol. The minimum atomic E-state index is -4.91. The number of primary amides is 1. The van der Waals surface area contributed by atoms with Crippen molar-refractivity contribution in [2.75, 3.05) is 0 Å². The molecule has 0 bridgehead atoms. The summed E-state index contributed by atoms with van der Waals surface area (Å²) in [6.07, 6.45) is -8.12. The van der Waals surface area contributed by atoms with E-state index < -0.39 is 35.5 Å².